The van der Waals surface area contributed by atoms with Gasteiger partial charge in [0, 0.05) is 11.6 Å². The molecule has 1 aromatic heterocycles. The molecule has 0 radical (unpaired) electrons. The van der Waals surface area contributed by atoms with Crippen molar-refractivity contribution < 1.29 is 14.1 Å². The SMILES string of the molecule is CCOc1cccc(-c2cc(C=O)on2)c1. The number of carbonyl (C=O) groups excluding carboxylic acids is 1. The number of ether oxygens (including phenoxy) is 1. The van der Waals surface area contributed by atoms with Crippen LogP contribution < -0.4 is 4.74 Å². The maximum Gasteiger partial charge on any atom is 0.199 e. The molecule has 0 amide bonds. The Morgan fingerprint density at radius 3 is 3.00 bits per heavy atom. The molecular weight excluding hydrogens is 206 g/mol. The van der Waals surface area contributed by atoms with Gasteiger partial charge in [0.05, 0.1) is 6.61 Å². The molecular formula is C12H11NO3. The molecule has 0 unspecified atom stereocenters. The Hall–Kier alpha value is -2.10. The number of hydrogen-bond acceptors (Lipinski definition) is 4. The minimum absolute atomic E-state index is 0.219. The lowest BCUT2D eigenvalue weighted by molar-refractivity contribution is 0.109. The average molecular weight is 217 g/mol. The largest absolute Gasteiger partial charge is 0.494 e. The first kappa shape index (κ1) is 10.4. The van der Waals surface area contributed by atoms with Crippen molar-refractivity contribution in [2.75, 3.05) is 6.61 Å². The van der Waals surface area contributed by atoms with Gasteiger partial charge in [-0.25, -0.2) is 0 Å². The Bertz CT molecular complexity index is 491. The van der Waals surface area contributed by atoms with Crippen molar-refractivity contribution in [3.05, 3.63) is 36.1 Å². The summed E-state index contributed by atoms with van der Waals surface area (Å²) in [5, 5.41) is 3.80. The van der Waals surface area contributed by atoms with Gasteiger partial charge >= 0.3 is 0 Å². The normalized spacial score (nSPS) is 10.1. The Labute approximate surface area is 92.8 Å². The Morgan fingerprint density at radius 1 is 1.44 bits per heavy atom. The van der Waals surface area contributed by atoms with Crippen LogP contribution in [0.2, 0.25) is 0 Å². The van der Waals surface area contributed by atoms with Gasteiger partial charge < -0.3 is 9.26 Å². The van der Waals surface area contributed by atoms with Crippen molar-refractivity contribution in [1.82, 2.24) is 5.16 Å². The third-order valence-electron chi connectivity index (χ3n) is 2.09. The first-order chi connectivity index (χ1) is 7.83. The van der Waals surface area contributed by atoms with Crippen LogP contribution in [0.1, 0.15) is 17.5 Å². The number of rotatable bonds is 4. The van der Waals surface area contributed by atoms with Crippen LogP contribution in [0.4, 0.5) is 0 Å². The van der Waals surface area contributed by atoms with E-state index in [2.05, 4.69) is 5.16 Å². The quantitative estimate of drug-likeness (QED) is 0.738. The van der Waals surface area contributed by atoms with E-state index in [-0.39, 0.29) is 5.76 Å². The van der Waals surface area contributed by atoms with Crippen LogP contribution in [0.25, 0.3) is 11.3 Å². The highest BCUT2D eigenvalue weighted by Gasteiger charge is 2.06. The van der Waals surface area contributed by atoms with E-state index in [0.29, 0.717) is 18.6 Å². The molecule has 0 saturated carbocycles. The molecule has 1 heterocycles. The van der Waals surface area contributed by atoms with Crippen LogP contribution >= 0.6 is 0 Å². The average Bonchev–Trinajstić information content (AvgIpc) is 2.78. The van der Waals surface area contributed by atoms with Crippen molar-refractivity contribution in [2.24, 2.45) is 0 Å². The second-order valence-electron chi connectivity index (χ2n) is 3.19. The Morgan fingerprint density at radius 2 is 2.31 bits per heavy atom. The number of hydrogen-bond donors (Lipinski definition) is 0. The van der Waals surface area contributed by atoms with Crippen molar-refractivity contribution >= 4 is 6.29 Å². The molecule has 1 aromatic carbocycles. The number of aromatic nitrogens is 1. The second-order valence-corrected chi connectivity index (χ2v) is 3.19. The van der Waals surface area contributed by atoms with Crippen LogP contribution in [-0.2, 0) is 0 Å². The van der Waals surface area contributed by atoms with E-state index >= 15 is 0 Å². The lowest BCUT2D eigenvalue weighted by Crippen LogP contribution is -1.91. The standard InChI is InChI=1S/C12H11NO3/c1-2-15-10-5-3-4-9(6-10)12-7-11(8-14)16-13-12/h3-8H,2H2,1H3. The number of aldehydes is 1. The molecule has 4 heteroatoms. The number of benzene rings is 1. The van der Waals surface area contributed by atoms with Gasteiger partial charge in [0.25, 0.3) is 0 Å². The third-order valence-corrected chi connectivity index (χ3v) is 2.09. The molecule has 0 aliphatic heterocycles. The van der Waals surface area contributed by atoms with E-state index in [0.717, 1.165) is 11.3 Å². The van der Waals surface area contributed by atoms with Crippen LogP contribution in [-0.4, -0.2) is 18.0 Å². The molecule has 0 spiro atoms. The fourth-order valence-electron chi connectivity index (χ4n) is 1.39. The molecule has 82 valence electrons. The summed E-state index contributed by atoms with van der Waals surface area (Å²) in [6.07, 6.45) is 0.628. The maximum atomic E-state index is 10.5. The van der Waals surface area contributed by atoms with E-state index in [1.165, 1.54) is 0 Å². The molecule has 0 fully saturated rings. The van der Waals surface area contributed by atoms with E-state index in [9.17, 15) is 4.79 Å². The molecule has 0 saturated heterocycles. The summed E-state index contributed by atoms with van der Waals surface area (Å²) in [5.41, 5.74) is 1.49. The van der Waals surface area contributed by atoms with Crippen LogP contribution in [0, 0.1) is 0 Å². The molecule has 0 N–H and O–H groups in total. The van der Waals surface area contributed by atoms with Gasteiger partial charge in [0.15, 0.2) is 12.0 Å². The van der Waals surface area contributed by atoms with Gasteiger partial charge in [-0.3, -0.25) is 4.79 Å². The van der Waals surface area contributed by atoms with Gasteiger partial charge in [0.2, 0.25) is 0 Å². The highest BCUT2D eigenvalue weighted by molar-refractivity contribution is 5.74. The molecule has 2 rings (SSSR count). The minimum atomic E-state index is 0.219. The van der Waals surface area contributed by atoms with Crippen molar-refractivity contribution in [3.63, 3.8) is 0 Å². The Kier molecular flexibility index (Phi) is 3.00. The van der Waals surface area contributed by atoms with Crippen molar-refractivity contribution in [1.29, 1.82) is 0 Å². The molecule has 2 aromatic rings. The maximum absolute atomic E-state index is 10.5. The molecule has 16 heavy (non-hydrogen) atoms. The van der Waals surface area contributed by atoms with E-state index < -0.39 is 0 Å². The van der Waals surface area contributed by atoms with Gasteiger partial charge in [-0.15, -0.1) is 0 Å². The zero-order chi connectivity index (χ0) is 11.4. The van der Waals surface area contributed by atoms with Crippen LogP contribution in [0.15, 0.2) is 34.9 Å². The summed E-state index contributed by atoms with van der Waals surface area (Å²) >= 11 is 0. The topological polar surface area (TPSA) is 52.3 Å². The zero-order valence-electron chi connectivity index (χ0n) is 8.84. The van der Waals surface area contributed by atoms with Crippen molar-refractivity contribution in [2.45, 2.75) is 6.92 Å². The smallest absolute Gasteiger partial charge is 0.199 e. The molecule has 0 atom stereocenters. The molecule has 0 aliphatic rings. The predicted molar refractivity (Wildman–Crippen MR) is 58.5 cm³/mol. The van der Waals surface area contributed by atoms with E-state index in [4.69, 9.17) is 9.26 Å². The minimum Gasteiger partial charge on any atom is -0.494 e. The summed E-state index contributed by atoms with van der Waals surface area (Å²) in [6.45, 7) is 2.54. The highest BCUT2D eigenvalue weighted by atomic mass is 16.5. The summed E-state index contributed by atoms with van der Waals surface area (Å²) in [6, 6.07) is 9.08. The van der Waals surface area contributed by atoms with E-state index in [1.807, 2.05) is 31.2 Å². The predicted octanol–water partition coefficient (Wildman–Crippen LogP) is 2.55. The van der Waals surface area contributed by atoms with Crippen LogP contribution in [0.5, 0.6) is 5.75 Å². The van der Waals surface area contributed by atoms with Crippen molar-refractivity contribution in [3.8, 4) is 17.0 Å². The summed E-state index contributed by atoms with van der Waals surface area (Å²) in [5.74, 6) is 0.993. The van der Waals surface area contributed by atoms with Gasteiger partial charge in [-0.1, -0.05) is 17.3 Å². The lowest BCUT2D eigenvalue weighted by atomic mass is 10.1. The number of nitrogens with zero attached hydrogens (tertiary/aromatic N) is 1. The Balaban J connectivity index is 2.32. The fraction of sp³-hybridized carbons (Fsp3) is 0.167. The first-order valence-corrected chi connectivity index (χ1v) is 4.98. The van der Waals surface area contributed by atoms with Gasteiger partial charge in [0.1, 0.15) is 11.4 Å². The third kappa shape index (κ3) is 2.11. The summed E-state index contributed by atoms with van der Waals surface area (Å²) < 4.78 is 10.2. The van der Waals surface area contributed by atoms with Crippen LogP contribution in [0.3, 0.4) is 0 Å². The molecule has 0 aliphatic carbocycles. The zero-order valence-corrected chi connectivity index (χ0v) is 8.84. The van der Waals surface area contributed by atoms with Gasteiger partial charge in [-0.2, -0.15) is 0 Å². The highest BCUT2D eigenvalue weighted by Crippen LogP contribution is 2.23. The summed E-state index contributed by atoms with van der Waals surface area (Å²) in [4.78, 5) is 10.5. The van der Waals surface area contributed by atoms with Gasteiger partial charge in [-0.05, 0) is 19.1 Å². The lowest BCUT2D eigenvalue weighted by Gasteiger charge is -2.03. The number of carbonyl (C=O) groups is 1. The summed E-state index contributed by atoms with van der Waals surface area (Å²) in [7, 11) is 0. The monoisotopic (exact) mass is 217 g/mol. The first-order valence-electron chi connectivity index (χ1n) is 4.98. The fourth-order valence-corrected chi connectivity index (χ4v) is 1.39. The molecule has 0 bridgehead atoms. The second kappa shape index (κ2) is 4.61. The van der Waals surface area contributed by atoms with E-state index in [1.54, 1.807) is 6.07 Å². The molecule has 4 nitrogen and oxygen atoms in total.